The Hall–Kier alpha value is -1.37. The zero-order chi connectivity index (χ0) is 23.3. The summed E-state index contributed by atoms with van der Waals surface area (Å²) in [5, 5.41) is 10.8. The lowest BCUT2D eigenvalue weighted by molar-refractivity contribution is -0.134. The standard InChI is InChI=1S/C19H32N2O7S2/c1-13(2)10-16(21-29(24,25)12-15-8-6-5-7-9-15)18(22)19(23,30(26,27)28)17(20)11-14(3)4/h5-9,13-14,16-17,21,23H,10-12,20H2,1-4H3,(H,26,27,28)/t16-,17?,19?/m0/s1. The molecule has 1 aromatic rings. The van der Waals surface area contributed by atoms with E-state index in [9.17, 15) is 31.3 Å². The molecule has 0 bridgehead atoms. The number of hydrogen-bond donors (Lipinski definition) is 4. The van der Waals surface area contributed by atoms with Crippen LogP contribution in [0.1, 0.15) is 46.1 Å². The molecule has 0 saturated carbocycles. The zero-order valence-corrected chi connectivity index (χ0v) is 19.3. The van der Waals surface area contributed by atoms with Gasteiger partial charge in [-0.3, -0.25) is 9.35 Å². The van der Waals surface area contributed by atoms with Crippen LogP contribution in [0.4, 0.5) is 0 Å². The van der Waals surface area contributed by atoms with Gasteiger partial charge in [0.05, 0.1) is 17.8 Å². The van der Waals surface area contributed by atoms with Crippen LogP contribution in [0.15, 0.2) is 30.3 Å². The molecule has 3 atom stereocenters. The van der Waals surface area contributed by atoms with Gasteiger partial charge in [0, 0.05) is 0 Å². The highest BCUT2D eigenvalue weighted by molar-refractivity contribution is 7.89. The van der Waals surface area contributed by atoms with Gasteiger partial charge in [-0.25, -0.2) is 13.1 Å². The molecule has 1 aromatic carbocycles. The van der Waals surface area contributed by atoms with Crippen LogP contribution in [0.2, 0.25) is 0 Å². The highest BCUT2D eigenvalue weighted by Gasteiger charge is 2.55. The van der Waals surface area contributed by atoms with Crippen LogP contribution in [0.3, 0.4) is 0 Å². The number of rotatable bonds is 12. The summed E-state index contributed by atoms with van der Waals surface area (Å²) in [4.78, 5) is 9.76. The zero-order valence-electron chi connectivity index (χ0n) is 17.6. The number of ketones is 1. The van der Waals surface area contributed by atoms with Crippen molar-refractivity contribution in [2.75, 3.05) is 0 Å². The Morgan fingerprint density at radius 2 is 1.53 bits per heavy atom. The average molecular weight is 465 g/mol. The van der Waals surface area contributed by atoms with Gasteiger partial charge >= 0.3 is 10.1 Å². The van der Waals surface area contributed by atoms with E-state index in [0.717, 1.165) is 0 Å². The molecule has 1 rings (SSSR count). The maximum absolute atomic E-state index is 13.1. The number of Topliss-reactive ketones (excluding diaryl/α,β-unsaturated/α-hetero) is 1. The normalized spacial score (nSPS) is 17.0. The number of carbonyl (C=O) groups excluding carboxylic acids is 1. The monoisotopic (exact) mass is 464 g/mol. The van der Waals surface area contributed by atoms with E-state index in [-0.39, 0.29) is 24.7 Å². The number of nitrogens with one attached hydrogen (secondary N) is 1. The minimum Gasteiger partial charge on any atom is -0.366 e. The van der Waals surface area contributed by atoms with Crippen molar-refractivity contribution in [3.05, 3.63) is 35.9 Å². The smallest absolute Gasteiger partial charge is 0.304 e. The molecule has 0 amide bonds. The maximum atomic E-state index is 13.1. The van der Waals surface area contributed by atoms with Crippen LogP contribution in [0.25, 0.3) is 0 Å². The van der Waals surface area contributed by atoms with E-state index in [0.29, 0.717) is 5.56 Å². The minimum absolute atomic E-state index is 0.0901. The fraction of sp³-hybridized carbons (Fsp3) is 0.632. The molecule has 0 radical (unpaired) electrons. The van der Waals surface area contributed by atoms with Crippen LogP contribution >= 0.6 is 0 Å². The number of hydrogen-bond acceptors (Lipinski definition) is 7. The molecule has 172 valence electrons. The van der Waals surface area contributed by atoms with Gasteiger partial charge in [0.25, 0.3) is 4.93 Å². The first-order valence-electron chi connectivity index (χ1n) is 9.63. The molecule has 30 heavy (non-hydrogen) atoms. The molecule has 0 saturated heterocycles. The van der Waals surface area contributed by atoms with Crippen molar-refractivity contribution >= 4 is 25.9 Å². The molecular formula is C19H32N2O7S2. The summed E-state index contributed by atoms with van der Waals surface area (Å²) in [6.45, 7) is 6.80. The van der Waals surface area contributed by atoms with Gasteiger partial charge in [0.2, 0.25) is 15.8 Å². The van der Waals surface area contributed by atoms with Crippen LogP contribution in [0, 0.1) is 11.8 Å². The van der Waals surface area contributed by atoms with Gasteiger partial charge in [-0.1, -0.05) is 58.0 Å². The largest absolute Gasteiger partial charge is 0.366 e. The molecule has 0 aliphatic heterocycles. The van der Waals surface area contributed by atoms with Crippen LogP contribution < -0.4 is 10.5 Å². The second-order valence-electron chi connectivity index (χ2n) is 8.32. The maximum Gasteiger partial charge on any atom is 0.304 e. The summed E-state index contributed by atoms with van der Waals surface area (Å²) in [6.07, 6.45) is -0.188. The molecule has 2 unspecified atom stereocenters. The number of sulfonamides is 1. The summed E-state index contributed by atoms with van der Waals surface area (Å²) in [6, 6.07) is 4.97. The van der Waals surface area contributed by atoms with E-state index < -0.39 is 48.7 Å². The quantitative estimate of drug-likeness (QED) is 0.333. The lowest BCUT2D eigenvalue weighted by atomic mass is 9.91. The first-order valence-corrected chi connectivity index (χ1v) is 12.7. The second-order valence-corrected chi connectivity index (χ2v) is 11.6. The van der Waals surface area contributed by atoms with E-state index in [2.05, 4.69) is 4.72 Å². The van der Waals surface area contributed by atoms with Crippen molar-refractivity contribution in [1.82, 2.24) is 4.72 Å². The van der Waals surface area contributed by atoms with Crippen molar-refractivity contribution in [3.8, 4) is 0 Å². The van der Waals surface area contributed by atoms with Gasteiger partial charge < -0.3 is 10.8 Å². The molecule has 0 heterocycles. The molecule has 0 spiro atoms. The van der Waals surface area contributed by atoms with Crippen molar-refractivity contribution in [2.24, 2.45) is 17.6 Å². The number of carbonyl (C=O) groups is 1. The molecule has 0 aliphatic rings. The van der Waals surface area contributed by atoms with Gasteiger partial charge in [-0.2, -0.15) is 8.42 Å². The van der Waals surface area contributed by atoms with Crippen molar-refractivity contribution in [3.63, 3.8) is 0 Å². The Labute approximate surface area is 178 Å². The topological polar surface area (TPSA) is 164 Å². The first kappa shape index (κ1) is 26.7. The third-order valence-electron chi connectivity index (χ3n) is 4.52. The average Bonchev–Trinajstić information content (AvgIpc) is 2.57. The number of benzene rings is 1. The Bertz CT molecular complexity index is 915. The fourth-order valence-electron chi connectivity index (χ4n) is 3.15. The molecule has 11 heteroatoms. The Kier molecular flexibility index (Phi) is 9.15. The Balaban J connectivity index is 3.31. The summed E-state index contributed by atoms with van der Waals surface area (Å²) in [5.41, 5.74) is 6.27. The third-order valence-corrected chi connectivity index (χ3v) is 7.17. The number of nitrogens with two attached hydrogens (primary N) is 1. The molecule has 5 N–H and O–H groups in total. The summed E-state index contributed by atoms with van der Waals surface area (Å²) >= 11 is 0. The molecule has 0 aromatic heterocycles. The van der Waals surface area contributed by atoms with Gasteiger partial charge in [-0.15, -0.1) is 0 Å². The lowest BCUT2D eigenvalue weighted by Gasteiger charge is -2.33. The molecule has 0 fully saturated rings. The Morgan fingerprint density at radius 3 is 1.97 bits per heavy atom. The van der Waals surface area contributed by atoms with Gasteiger partial charge in [0.1, 0.15) is 0 Å². The van der Waals surface area contributed by atoms with Crippen LogP contribution in [-0.4, -0.2) is 49.3 Å². The van der Waals surface area contributed by atoms with Crippen LogP contribution in [0.5, 0.6) is 0 Å². The predicted octanol–water partition coefficient (Wildman–Crippen LogP) is 1.04. The molecule has 9 nitrogen and oxygen atoms in total. The van der Waals surface area contributed by atoms with Gasteiger partial charge in [-0.05, 0) is 30.2 Å². The van der Waals surface area contributed by atoms with E-state index in [1.54, 1.807) is 58.0 Å². The highest BCUT2D eigenvalue weighted by atomic mass is 32.2. The lowest BCUT2D eigenvalue weighted by Crippen LogP contribution is -2.64. The third kappa shape index (κ3) is 7.10. The first-order chi connectivity index (χ1) is 13.6. The molecule has 0 aliphatic carbocycles. The fourth-order valence-corrected chi connectivity index (χ4v) is 5.38. The van der Waals surface area contributed by atoms with Crippen LogP contribution in [-0.2, 0) is 30.7 Å². The Morgan fingerprint density at radius 1 is 1.03 bits per heavy atom. The highest BCUT2D eigenvalue weighted by Crippen LogP contribution is 2.26. The number of aliphatic hydroxyl groups is 1. The second kappa shape index (κ2) is 10.3. The predicted molar refractivity (Wildman–Crippen MR) is 114 cm³/mol. The van der Waals surface area contributed by atoms with E-state index >= 15 is 0 Å². The van der Waals surface area contributed by atoms with E-state index in [4.69, 9.17) is 5.73 Å². The van der Waals surface area contributed by atoms with E-state index in [1.165, 1.54) is 0 Å². The van der Waals surface area contributed by atoms with Crippen molar-refractivity contribution in [1.29, 1.82) is 0 Å². The minimum atomic E-state index is -5.36. The summed E-state index contributed by atoms with van der Waals surface area (Å²) in [5.74, 6) is -2.27. The summed E-state index contributed by atoms with van der Waals surface area (Å²) in [7, 11) is -9.44. The van der Waals surface area contributed by atoms with Crippen molar-refractivity contribution in [2.45, 2.75) is 63.3 Å². The van der Waals surface area contributed by atoms with Gasteiger partial charge in [0.15, 0.2) is 0 Å². The van der Waals surface area contributed by atoms with Crippen molar-refractivity contribution < 1.29 is 31.3 Å². The molecular weight excluding hydrogens is 432 g/mol. The summed E-state index contributed by atoms with van der Waals surface area (Å²) < 4.78 is 61.1. The SMILES string of the molecule is CC(C)CC(N)C(O)(C(=O)[C@H](CC(C)C)NS(=O)(=O)Cc1ccccc1)S(=O)(=O)O. The van der Waals surface area contributed by atoms with E-state index in [1.807, 2.05) is 0 Å².